The van der Waals surface area contributed by atoms with Gasteiger partial charge in [-0.2, -0.15) is 4.98 Å². The summed E-state index contributed by atoms with van der Waals surface area (Å²) >= 11 is 1.51. The lowest BCUT2D eigenvalue weighted by Gasteiger charge is -2.32. The molecule has 0 radical (unpaired) electrons. The maximum Gasteiger partial charge on any atom is 0.227 e. The summed E-state index contributed by atoms with van der Waals surface area (Å²) in [5.74, 6) is 0.945. The molecule has 0 saturated heterocycles. The van der Waals surface area contributed by atoms with Crippen LogP contribution in [0.15, 0.2) is 46.8 Å². The van der Waals surface area contributed by atoms with Crippen LogP contribution in [0.1, 0.15) is 30.9 Å². The molecule has 22 heavy (non-hydrogen) atoms. The van der Waals surface area contributed by atoms with Crippen molar-refractivity contribution in [3.05, 3.63) is 47.2 Å². The highest BCUT2D eigenvalue weighted by Gasteiger charge is 2.36. The van der Waals surface area contributed by atoms with Crippen LogP contribution in [0.3, 0.4) is 0 Å². The number of fused-ring (bicyclic) bond motifs is 1. The second kappa shape index (κ2) is 5.28. The lowest BCUT2D eigenvalue weighted by molar-refractivity contribution is -0.116. The van der Waals surface area contributed by atoms with Crippen molar-refractivity contribution in [1.82, 2.24) is 14.8 Å². The molecule has 6 heteroatoms. The fourth-order valence-corrected chi connectivity index (χ4v) is 3.51. The predicted molar refractivity (Wildman–Crippen MR) is 85.9 cm³/mol. The maximum absolute atomic E-state index is 12.5. The van der Waals surface area contributed by atoms with Crippen LogP contribution in [-0.2, 0) is 4.79 Å². The first kappa shape index (κ1) is 13.6. The van der Waals surface area contributed by atoms with Gasteiger partial charge in [0.1, 0.15) is 6.04 Å². The summed E-state index contributed by atoms with van der Waals surface area (Å²) in [6.45, 7) is 0. The van der Waals surface area contributed by atoms with E-state index in [0.717, 1.165) is 40.8 Å². The highest BCUT2D eigenvalue weighted by atomic mass is 32.2. The number of allylic oxidation sites excluding steroid dienone is 2. The first-order chi connectivity index (χ1) is 10.8. The summed E-state index contributed by atoms with van der Waals surface area (Å²) in [6, 6.07) is 9.90. The van der Waals surface area contributed by atoms with Crippen LogP contribution >= 0.6 is 11.8 Å². The Hall–Kier alpha value is -2.08. The Bertz CT molecular complexity index is 766. The average molecular weight is 312 g/mol. The first-order valence-electron chi connectivity index (χ1n) is 7.36. The van der Waals surface area contributed by atoms with Gasteiger partial charge >= 0.3 is 0 Å². The van der Waals surface area contributed by atoms with E-state index in [4.69, 9.17) is 0 Å². The third kappa shape index (κ3) is 2.06. The zero-order chi connectivity index (χ0) is 15.1. The molecule has 112 valence electrons. The number of carbonyl (C=O) groups excluding carboxylic acids is 1. The average Bonchev–Trinajstić information content (AvgIpc) is 2.96. The molecule has 1 aliphatic heterocycles. The SMILES string of the molecule is CSc1nc2n(n1)[C@H](c1ccccc1)C1=C(CCCC1=O)N2. The molecule has 2 heterocycles. The van der Waals surface area contributed by atoms with Crippen molar-refractivity contribution in [2.45, 2.75) is 30.5 Å². The number of carbonyl (C=O) groups is 1. The van der Waals surface area contributed by atoms with Crippen LogP contribution in [-0.4, -0.2) is 26.8 Å². The van der Waals surface area contributed by atoms with E-state index in [1.54, 1.807) is 0 Å². The number of hydrogen-bond acceptors (Lipinski definition) is 5. The minimum absolute atomic E-state index is 0.173. The van der Waals surface area contributed by atoms with Gasteiger partial charge in [0, 0.05) is 17.7 Å². The van der Waals surface area contributed by atoms with Crippen LogP contribution in [0, 0.1) is 0 Å². The van der Waals surface area contributed by atoms with Crippen molar-refractivity contribution < 1.29 is 4.79 Å². The number of aromatic nitrogens is 3. The molecule has 2 aromatic rings. The number of Topliss-reactive ketones (excluding diaryl/α,β-unsaturated/α-hetero) is 1. The van der Waals surface area contributed by atoms with E-state index in [1.807, 2.05) is 41.3 Å². The Morgan fingerprint density at radius 2 is 2.09 bits per heavy atom. The Morgan fingerprint density at radius 1 is 1.27 bits per heavy atom. The third-order valence-corrected chi connectivity index (χ3v) is 4.68. The van der Waals surface area contributed by atoms with Crippen molar-refractivity contribution in [2.24, 2.45) is 0 Å². The summed E-state index contributed by atoms with van der Waals surface area (Å²) in [5.41, 5.74) is 2.94. The van der Waals surface area contributed by atoms with E-state index < -0.39 is 0 Å². The molecule has 1 N–H and O–H groups in total. The molecule has 4 rings (SSSR count). The van der Waals surface area contributed by atoms with Crippen LogP contribution < -0.4 is 5.32 Å². The molecule has 0 spiro atoms. The lowest BCUT2D eigenvalue weighted by atomic mass is 9.85. The van der Waals surface area contributed by atoms with Crippen molar-refractivity contribution in [1.29, 1.82) is 0 Å². The summed E-state index contributed by atoms with van der Waals surface area (Å²) < 4.78 is 1.85. The Labute approximate surface area is 132 Å². The van der Waals surface area contributed by atoms with Gasteiger partial charge in [0.25, 0.3) is 0 Å². The molecule has 1 aromatic heterocycles. The van der Waals surface area contributed by atoms with Gasteiger partial charge in [0.2, 0.25) is 11.1 Å². The third-order valence-electron chi connectivity index (χ3n) is 4.15. The van der Waals surface area contributed by atoms with Crippen LogP contribution in [0.25, 0.3) is 0 Å². The number of thioether (sulfide) groups is 1. The molecule has 0 fully saturated rings. The van der Waals surface area contributed by atoms with E-state index in [1.165, 1.54) is 11.8 Å². The second-order valence-electron chi connectivity index (χ2n) is 5.47. The molecule has 1 atom stereocenters. The van der Waals surface area contributed by atoms with Gasteiger partial charge in [-0.25, -0.2) is 4.68 Å². The number of rotatable bonds is 2. The van der Waals surface area contributed by atoms with Crippen molar-refractivity contribution in [3.63, 3.8) is 0 Å². The second-order valence-corrected chi connectivity index (χ2v) is 6.25. The number of ketones is 1. The topological polar surface area (TPSA) is 59.8 Å². The number of benzene rings is 1. The number of nitrogens with zero attached hydrogens (tertiary/aromatic N) is 3. The lowest BCUT2D eigenvalue weighted by Crippen LogP contribution is -2.31. The summed E-state index contributed by atoms with van der Waals surface area (Å²) in [7, 11) is 0. The van der Waals surface area contributed by atoms with Gasteiger partial charge in [-0.05, 0) is 24.7 Å². The van der Waals surface area contributed by atoms with E-state index >= 15 is 0 Å². The number of anilines is 1. The van der Waals surface area contributed by atoms with E-state index in [2.05, 4.69) is 15.4 Å². The number of nitrogens with one attached hydrogen (secondary N) is 1. The Kier molecular flexibility index (Phi) is 3.26. The van der Waals surface area contributed by atoms with E-state index in [9.17, 15) is 4.79 Å². The monoisotopic (exact) mass is 312 g/mol. The van der Waals surface area contributed by atoms with Crippen LogP contribution in [0.2, 0.25) is 0 Å². The first-order valence-corrected chi connectivity index (χ1v) is 8.59. The molecule has 0 amide bonds. The largest absolute Gasteiger partial charge is 0.328 e. The van der Waals surface area contributed by atoms with Gasteiger partial charge < -0.3 is 5.32 Å². The minimum Gasteiger partial charge on any atom is -0.328 e. The van der Waals surface area contributed by atoms with Crippen molar-refractivity contribution in [3.8, 4) is 0 Å². The normalized spacial score (nSPS) is 20.4. The van der Waals surface area contributed by atoms with E-state index in [0.29, 0.717) is 6.42 Å². The minimum atomic E-state index is -0.173. The molecule has 1 aliphatic carbocycles. The molecule has 0 bridgehead atoms. The predicted octanol–water partition coefficient (Wildman–Crippen LogP) is 3.02. The molecule has 2 aliphatic rings. The maximum atomic E-state index is 12.5. The van der Waals surface area contributed by atoms with Crippen molar-refractivity contribution >= 4 is 23.5 Å². The van der Waals surface area contributed by atoms with Gasteiger partial charge in [-0.3, -0.25) is 4.79 Å². The van der Waals surface area contributed by atoms with Gasteiger partial charge in [0.05, 0.1) is 0 Å². The molecular weight excluding hydrogens is 296 g/mol. The van der Waals surface area contributed by atoms with E-state index in [-0.39, 0.29) is 11.8 Å². The molecule has 0 unspecified atom stereocenters. The van der Waals surface area contributed by atoms with Gasteiger partial charge in [0.15, 0.2) is 5.78 Å². The Balaban J connectivity index is 1.92. The van der Waals surface area contributed by atoms with Crippen LogP contribution in [0.4, 0.5) is 5.95 Å². The highest BCUT2D eigenvalue weighted by Crippen LogP contribution is 2.40. The molecule has 5 nitrogen and oxygen atoms in total. The van der Waals surface area contributed by atoms with Gasteiger partial charge in [-0.1, -0.05) is 42.1 Å². The van der Waals surface area contributed by atoms with Gasteiger partial charge in [-0.15, -0.1) is 5.10 Å². The zero-order valence-electron chi connectivity index (χ0n) is 12.2. The smallest absolute Gasteiger partial charge is 0.227 e. The summed E-state index contributed by atoms with van der Waals surface area (Å²) in [5, 5.41) is 8.61. The highest BCUT2D eigenvalue weighted by molar-refractivity contribution is 7.98. The standard InChI is InChI=1S/C16H16N4OS/c1-22-16-18-15-17-11-8-5-9-12(21)13(11)14(20(15)19-16)10-6-3-2-4-7-10/h2-4,6-7,14H,5,8-9H2,1H3,(H,17,18,19)/t14-/m1/s1. The summed E-state index contributed by atoms with van der Waals surface area (Å²) in [4.78, 5) is 17.1. The molecular formula is C16H16N4OS. The molecule has 1 aromatic carbocycles. The molecule has 0 saturated carbocycles. The quantitative estimate of drug-likeness (QED) is 0.864. The zero-order valence-corrected chi connectivity index (χ0v) is 13.1. The fourth-order valence-electron chi connectivity index (χ4n) is 3.17. The van der Waals surface area contributed by atoms with Crippen molar-refractivity contribution in [2.75, 3.05) is 11.6 Å². The Morgan fingerprint density at radius 3 is 2.86 bits per heavy atom. The summed E-state index contributed by atoms with van der Waals surface area (Å²) in [6.07, 6.45) is 4.36. The van der Waals surface area contributed by atoms with Crippen LogP contribution in [0.5, 0.6) is 0 Å². The fraction of sp³-hybridized carbons (Fsp3) is 0.312. The number of hydrogen-bond donors (Lipinski definition) is 1.